The van der Waals surface area contributed by atoms with E-state index in [1.165, 1.54) is 7.11 Å². The predicted molar refractivity (Wildman–Crippen MR) is 75.4 cm³/mol. The molecular weight excluding hydrogens is 260 g/mol. The van der Waals surface area contributed by atoms with E-state index in [9.17, 15) is 9.59 Å². The van der Waals surface area contributed by atoms with Crippen molar-refractivity contribution >= 4 is 17.7 Å². The normalized spacial score (nSPS) is 12.0. The Morgan fingerprint density at radius 1 is 1.45 bits per heavy atom. The zero-order valence-electron chi connectivity index (χ0n) is 12.4. The van der Waals surface area contributed by atoms with Crippen LogP contribution in [0.25, 0.3) is 0 Å². The van der Waals surface area contributed by atoms with Gasteiger partial charge in [-0.05, 0) is 13.3 Å². The number of nitrogens with two attached hydrogens (primary N) is 1. The molecule has 20 heavy (non-hydrogen) atoms. The lowest BCUT2D eigenvalue weighted by Crippen LogP contribution is -2.32. The highest BCUT2D eigenvalue weighted by Crippen LogP contribution is 2.22. The third-order valence-electron chi connectivity index (χ3n) is 3.03. The molecule has 1 heterocycles. The van der Waals surface area contributed by atoms with Crippen LogP contribution >= 0.6 is 0 Å². The molecule has 0 saturated carbocycles. The van der Waals surface area contributed by atoms with E-state index in [0.717, 1.165) is 6.42 Å². The van der Waals surface area contributed by atoms with Gasteiger partial charge in [0.05, 0.1) is 7.11 Å². The summed E-state index contributed by atoms with van der Waals surface area (Å²) in [5.41, 5.74) is 6.00. The molecule has 0 aliphatic carbocycles. The Balaban J connectivity index is 3.13. The molecule has 1 rings (SSSR count). The smallest absolute Gasteiger partial charge is 0.360 e. The number of nitrogens with one attached hydrogen (secondary N) is 1. The highest BCUT2D eigenvalue weighted by Gasteiger charge is 2.26. The number of hydrogen-bond donors (Lipinski definition) is 2. The number of imidazole rings is 1. The largest absolute Gasteiger partial charge is 0.464 e. The monoisotopic (exact) mass is 282 g/mol. The fraction of sp³-hybridized carbons (Fsp3) is 0.615. The van der Waals surface area contributed by atoms with Crippen molar-refractivity contribution in [2.45, 2.75) is 39.7 Å². The molecule has 7 nitrogen and oxygen atoms in total. The Morgan fingerprint density at radius 3 is 2.60 bits per heavy atom. The molecule has 112 valence electrons. The second-order valence-electron chi connectivity index (χ2n) is 4.44. The summed E-state index contributed by atoms with van der Waals surface area (Å²) in [6.45, 7) is 6.19. The van der Waals surface area contributed by atoms with E-state index in [1.807, 2.05) is 13.8 Å². The Hall–Kier alpha value is -2.05. The van der Waals surface area contributed by atoms with E-state index in [-0.39, 0.29) is 17.4 Å². The molecule has 0 spiro atoms. The number of methoxy groups -OCH3 is 1. The number of anilines is 1. The van der Waals surface area contributed by atoms with E-state index < -0.39 is 12.0 Å². The van der Waals surface area contributed by atoms with Crippen LogP contribution in [0.5, 0.6) is 0 Å². The van der Waals surface area contributed by atoms with Crippen LogP contribution in [0.15, 0.2) is 0 Å². The predicted octanol–water partition coefficient (Wildman–Crippen LogP) is 0.901. The summed E-state index contributed by atoms with van der Waals surface area (Å²) in [5.74, 6) is -0.00548. The van der Waals surface area contributed by atoms with Gasteiger partial charge in [-0.15, -0.1) is 0 Å². The Morgan fingerprint density at radius 2 is 2.10 bits per heavy atom. The number of ether oxygens (including phenoxy) is 1. The minimum atomic E-state index is -0.600. The molecule has 0 radical (unpaired) electrons. The van der Waals surface area contributed by atoms with Gasteiger partial charge in [-0.2, -0.15) is 0 Å². The van der Waals surface area contributed by atoms with Crippen molar-refractivity contribution < 1.29 is 14.3 Å². The molecule has 1 unspecified atom stereocenters. The molecule has 0 fully saturated rings. The van der Waals surface area contributed by atoms with E-state index in [1.54, 1.807) is 11.5 Å². The summed E-state index contributed by atoms with van der Waals surface area (Å²) >= 11 is 0. The van der Waals surface area contributed by atoms with Gasteiger partial charge in [0.15, 0.2) is 5.69 Å². The Bertz CT molecular complexity index is 496. The number of aryl methyl sites for hydroxylation is 1. The zero-order chi connectivity index (χ0) is 15.3. The molecule has 0 aliphatic heterocycles. The van der Waals surface area contributed by atoms with Gasteiger partial charge in [0.25, 0.3) is 0 Å². The van der Waals surface area contributed by atoms with E-state index in [0.29, 0.717) is 18.8 Å². The number of carbonyl (C=O) groups excluding carboxylic acids is 2. The molecular formula is C13H22N4O3. The number of nitrogen functional groups attached to an aromatic ring is 1. The van der Waals surface area contributed by atoms with Gasteiger partial charge in [-0.3, -0.25) is 4.79 Å². The number of esters is 1. The molecule has 0 bridgehead atoms. The van der Waals surface area contributed by atoms with Crippen LogP contribution in [0.4, 0.5) is 5.82 Å². The first-order valence-corrected chi connectivity index (χ1v) is 6.70. The van der Waals surface area contributed by atoms with Crippen LogP contribution in [0.3, 0.4) is 0 Å². The second-order valence-corrected chi connectivity index (χ2v) is 4.44. The van der Waals surface area contributed by atoms with Crippen molar-refractivity contribution in [3.8, 4) is 0 Å². The molecule has 7 heteroatoms. The standard InChI is InChI=1S/C13H22N4O3/c1-5-7-15-12(18)8(3)17-9(6-2)16-10(11(17)14)13(19)20-4/h8H,5-7,14H2,1-4H3,(H,15,18). The van der Waals surface area contributed by atoms with Crippen molar-refractivity contribution in [3.05, 3.63) is 11.5 Å². The summed E-state index contributed by atoms with van der Waals surface area (Å²) in [6.07, 6.45) is 1.42. The average Bonchev–Trinajstić information content (AvgIpc) is 2.79. The maximum Gasteiger partial charge on any atom is 0.360 e. The van der Waals surface area contributed by atoms with Gasteiger partial charge in [0.2, 0.25) is 5.91 Å². The SMILES string of the molecule is CCCNC(=O)C(C)n1c(CC)nc(C(=O)OC)c1N. The molecule has 1 aromatic heterocycles. The van der Waals surface area contributed by atoms with Gasteiger partial charge >= 0.3 is 5.97 Å². The summed E-state index contributed by atoms with van der Waals surface area (Å²) in [7, 11) is 1.27. The third-order valence-corrected chi connectivity index (χ3v) is 3.03. The summed E-state index contributed by atoms with van der Waals surface area (Å²) < 4.78 is 6.22. The minimum absolute atomic E-state index is 0.0551. The molecule has 1 amide bonds. The van der Waals surface area contributed by atoms with Gasteiger partial charge in [0.1, 0.15) is 17.7 Å². The number of amides is 1. The van der Waals surface area contributed by atoms with Crippen LogP contribution in [0.1, 0.15) is 49.5 Å². The lowest BCUT2D eigenvalue weighted by Gasteiger charge is -2.17. The molecule has 1 atom stereocenters. The van der Waals surface area contributed by atoms with E-state index in [4.69, 9.17) is 5.73 Å². The minimum Gasteiger partial charge on any atom is -0.464 e. The van der Waals surface area contributed by atoms with E-state index >= 15 is 0 Å². The molecule has 0 saturated heterocycles. The number of hydrogen-bond acceptors (Lipinski definition) is 5. The molecule has 0 aromatic carbocycles. The van der Waals surface area contributed by atoms with Crippen molar-refractivity contribution in [1.29, 1.82) is 0 Å². The maximum atomic E-state index is 12.0. The van der Waals surface area contributed by atoms with Crippen LogP contribution in [-0.2, 0) is 16.0 Å². The molecule has 0 aliphatic rings. The zero-order valence-corrected chi connectivity index (χ0v) is 12.4. The lowest BCUT2D eigenvalue weighted by atomic mass is 10.2. The second kappa shape index (κ2) is 6.93. The lowest BCUT2D eigenvalue weighted by molar-refractivity contribution is -0.123. The van der Waals surface area contributed by atoms with Crippen LogP contribution in [0.2, 0.25) is 0 Å². The fourth-order valence-corrected chi connectivity index (χ4v) is 1.93. The van der Waals surface area contributed by atoms with Gasteiger partial charge in [-0.25, -0.2) is 9.78 Å². The Kier molecular flexibility index (Phi) is 5.54. The maximum absolute atomic E-state index is 12.0. The first kappa shape index (κ1) is 16.0. The molecule has 3 N–H and O–H groups in total. The number of rotatable bonds is 6. The topological polar surface area (TPSA) is 99.2 Å². The van der Waals surface area contributed by atoms with E-state index in [2.05, 4.69) is 15.0 Å². The summed E-state index contributed by atoms with van der Waals surface area (Å²) in [4.78, 5) is 27.8. The summed E-state index contributed by atoms with van der Waals surface area (Å²) in [5, 5.41) is 2.80. The van der Waals surface area contributed by atoms with Crippen LogP contribution in [0, 0.1) is 0 Å². The highest BCUT2D eigenvalue weighted by molar-refractivity contribution is 5.93. The first-order chi connectivity index (χ1) is 9.47. The first-order valence-electron chi connectivity index (χ1n) is 6.70. The average molecular weight is 282 g/mol. The van der Waals surface area contributed by atoms with Crippen molar-refractivity contribution in [3.63, 3.8) is 0 Å². The van der Waals surface area contributed by atoms with Crippen LogP contribution < -0.4 is 11.1 Å². The number of nitrogens with zero attached hydrogens (tertiary/aromatic N) is 2. The fourth-order valence-electron chi connectivity index (χ4n) is 1.93. The van der Waals surface area contributed by atoms with Gasteiger partial charge < -0.3 is 20.4 Å². The number of aromatic nitrogens is 2. The van der Waals surface area contributed by atoms with Gasteiger partial charge in [0, 0.05) is 13.0 Å². The summed E-state index contributed by atoms with van der Waals surface area (Å²) in [6, 6.07) is -0.526. The quantitative estimate of drug-likeness (QED) is 0.755. The third kappa shape index (κ3) is 3.09. The van der Waals surface area contributed by atoms with Crippen molar-refractivity contribution in [2.75, 3.05) is 19.4 Å². The van der Waals surface area contributed by atoms with Crippen LogP contribution in [-0.4, -0.2) is 35.1 Å². The Labute approximate surface area is 118 Å². The highest BCUT2D eigenvalue weighted by atomic mass is 16.5. The van der Waals surface area contributed by atoms with Crippen molar-refractivity contribution in [2.24, 2.45) is 0 Å². The number of carbonyl (C=O) groups is 2. The van der Waals surface area contributed by atoms with Gasteiger partial charge in [-0.1, -0.05) is 13.8 Å². The van der Waals surface area contributed by atoms with Crippen molar-refractivity contribution in [1.82, 2.24) is 14.9 Å². The molecule has 1 aromatic rings.